The van der Waals surface area contributed by atoms with Gasteiger partial charge in [-0.3, -0.25) is 14.6 Å². The Balaban J connectivity index is 1.57. The number of aromatic nitrogens is 6. The molecule has 0 aliphatic rings. The van der Waals surface area contributed by atoms with E-state index in [-0.39, 0.29) is 5.56 Å². The molecule has 0 atom stereocenters. The molecule has 1 N–H and O–H groups in total. The molecule has 0 amide bonds. The summed E-state index contributed by atoms with van der Waals surface area (Å²) in [6.07, 6.45) is 3.56. The van der Waals surface area contributed by atoms with Gasteiger partial charge < -0.3 is 4.52 Å². The Kier molecular flexibility index (Phi) is 3.43. The quantitative estimate of drug-likeness (QED) is 0.490. The van der Waals surface area contributed by atoms with Gasteiger partial charge in [0.25, 0.3) is 5.56 Å². The third-order valence-electron chi connectivity index (χ3n) is 5.37. The van der Waals surface area contributed by atoms with E-state index in [1.165, 1.54) is 10.6 Å². The van der Waals surface area contributed by atoms with Crippen LogP contribution in [0.3, 0.4) is 0 Å². The molecular weight excluding hydrogens is 380 g/mol. The van der Waals surface area contributed by atoms with Crippen molar-refractivity contribution in [3.63, 3.8) is 0 Å². The average molecular weight is 396 g/mol. The lowest BCUT2D eigenvalue weighted by Crippen LogP contribution is -2.14. The molecule has 0 spiro atoms. The highest BCUT2D eigenvalue weighted by Gasteiger charge is 2.17. The van der Waals surface area contributed by atoms with Crippen LogP contribution in [-0.2, 0) is 6.54 Å². The van der Waals surface area contributed by atoms with Crippen LogP contribution in [0.5, 0.6) is 0 Å². The van der Waals surface area contributed by atoms with Crippen molar-refractivity contribution in [2.45, 2.75) is 13.5 Å². The van der Waals surface area contributed by atoms with Crippen LogP contribution in [0.15, 0.2) is 70.2 Å². The highest BCUT2D eigenvalue weighted by Crippen LogP contribution is 2.30. The van der Waals surface area contributed by atoms with Crippen LogP contribution >= 0.6 is 0 Å². The molecule has 0 radical (unpaired) electrons. The first-order valence-corrected chi connectivity index (χ1v) is 9.65. The van der Waals surface area contributed by atoms with E-state index in [0.717, 1.165) is 28.4 Å². The number of hydrogen-bond donors (Lipinski definition) is 1. The lowest BCUT2D eigenvalue weighted by atomic mass is 10.1. The Bertz CT molecular complexity index is 1620. The van der Waals surface area contributed by atoms with Crippen LogP contribution in [0.2, 0.25) is 0 Å². The molecule has 0 aliphatic carbocycles. The van der Waals surface area contributed by atoms with Crippen LogP contribution in [0.25, 0.3) is 50.0 Å². The van der Waals surface area contributed by atoms with E-state index in [1.54, 1.807) is 6.20 Å². The van der Waals surface area contributed by atoms with E-state index in [4.69, 9.17) is 9.51 Å². The second-order valence-corrected chi connectivity index (χ2v) is 7.09. The van der Waals surface area contributed by atoms with Crippen LogP contribution in [-0.4, -0.2) is 29.5 Å². The van der Waals surface area contributed by atoms with E-state index in [0.29, 0.717) is 28.2 Å². The first-order valence-electron chi connectivity index (χ1n) is 9.65. The van der Waals surface area contributed by atoms with Crippen LogP contribution in [0.4, 0.5) is 0 Å². The molecule has 8 nitrogen and oxygen atoms in total. The molecule has 6 rings (SSSR count). The minimum atomic E-state index is -0.196. The summed E-state index contributed by atoms with van der Waals surface area (Å²) in [4.78, 5) is 17.6. The molecule has 0 bridgehead atoms. The number of fused-ring (bicyclic) bond motifs is 3. The van der Waals surface area contributed by atoms with Gasteiger partial charge in [0.2, 0.25) is 0 Å². The monoisotopic (exact) mass is 396 g/mol. The lowest BCUT2D eigenvalue weighted by molar-refractivity contribution is 0.459. The van der Waals surface area contributed by atoms with Gasteiger partial charge in [-0.25, -0.2) is 9.50 Å². The van der Waals surface area contributed by atoms with Gasteiger partial charge in [-0.2, -0.15) is 5.10 Å². The average Bonchev–Trinajstić information content (AvgIpc) is 3.49. The molecule has 0 fully saturated rings. The Morgan fingerprint density at radius 2 is 2.03 bits per heavy atom. The van der Waals surface area contributed by atoms with Crippen LogP contribution in [0, 0.1) is 0 Å². The highest BCUT2D eigenvalue weighted by molar-refractivity contribution is 5.95. The Morgan fingerprint density at radius 1 is 1.13 bits per heavy atom. The maximum atomic E-state index is 12.8. The summed E-state index contributed by atoms with van der Waals surface area (Å²) < 4.78 is 8.79. The largest absolute Gasteiger partial charge is 0.356 e. The Hall–Kier alpha value is -4.20. The summed E-state index contributed by atoms with van der Waals surface area (Å²) in [6, 6.07) is 15.1. The maximum Gasteiger partial charge on any atom is 0.273 e. The minimum Gasteiger partial charge on any atom is -0.356 e. The number of aromatic amines is 1. The number of H-pyrrole nitrogens is 1. The van der Waals surface area contributed by atoms with E-state index in [1.807, 2.05) is 53.3 Å². The van der Waals surface area contributed by atoms with Crippen molar-refractivity contribution in [3.05, 3.63) is 71.3 Å². The number of benzene rings is 2. The van der Waals surface area contributed by atoms with Crippen LogP contribution in [0.1, 0.15) is 6.92 Å². The predicted molar refractivity (Wildman–Crippen MR) is 113 cm³/mol. The summed E-state index contributed by atoms with van der Waals surface area (Å²) in [5.74, 6) is 0. The Labute approximate surface area is 169 Å². The summed E-state index contributed by atoms with van der Waals surface area (Å²) in [7, 11) is 0. The van der Waals surface area contributed by atoms with Gasteiger partial charge in [-0.05, 0) is 31.2 Å². The summed E-state index contributed by atoms with van der Waals surface area (Å²) >= 11 is 0. The fourth-order valence-electron chi connectivity index (χ4n) is 3.88. The number of aryl methyl sites for hydroxylation is 1. The van der Waals surface area contributed by atoms with E-state index < -0.39 is 0 Å². The van der Waals surface area contributed by atoms with Crippen molar-refractivity contribution in [1.29, 1.82) is 0 Å². The number of hydrogen-bond acceptors (Lipinski definition) is 5. The number of nitrogens with one attached hydrogen (secondary N) is 1. The van der Waals surface area contributed by atoms with Gasteiger partial charge in [0.05, 0.1) is 23.0 Å². The first-order chi connectivity index (χ1) is 14.7. The number of nitrogens with zero attached hydrogens (tertiary/aromatic N) is 5. The second-order valence-electron chi connectivity index (χ2n) is 7.09. The fraction of sp³-hybridized carbons (Fsp3) is 0.0909. The van der Waals surface area contributed by atoms with Crippen molar-refractivity contribution in [3.8, 4) is 22.5 Å². The van der Waals surface area contributed by atoms with Crippen molar-refractivity contribution in [1.82, 2.24) is 29.5 Å². The molecule has 0 saturated carbocycles. The van der Waals surface area contributed by atoms with Crippen LogP contribution < -0.4 is 5.56 Å². The van der Waals surface area contributed by atoms with Gasteiger partial charge in [0.15, 0.2) is 11.2 Å². The molecule has 0 unspecified atom stereocenters. The van der Waals surface area contributed by atoms with Crippen molar-refractivity contribution >= 4 is 27.5 Å². The zero-order valence-electron chi connectivity index (χ0n) is 16.0. The molecule has 0 saturated heterocycles. The van der Waals surface area contributed by atoms with E-state index in [2.05, 4.69) is 22.3 Å². The third kappa shape index (κ3) is 2.33. The maximum absolute atomic E-state index is 12.8. The van der Waals surface area contributed by atoms with Gasteiger partial charge in [0.1, 0.15) is 5.69 Å². The fourth-order valence-corrected chi connectivity index (χ4v) is 3.88. The standard InChI is InChI=1S/C22H16N6O2/c1-2-27-18-8-7-13(9-14(18)11-23-27)17-10-20(29)28-22(25-17)16(12-24-28)21-15-5-3-4-6-19(15)30-26-21/h3-12,24H,2H2,1H3. The number of para-hydroxylation sites is 1. The zero-order valence-corrected chi connectivity index (χ0v) is 16.0. The second kappa shape index (κ2) is 6.15. The molecular formula is C22H16N6O2. The van der Waals surface area contributed by atoms with Gasteiger partial charge >= 0.3 is 0 Å². The molecule has 6 aromatic rings. The molecule has 0 aliphatic heterocycles. The first kappa shape index (κ1) is 16.7. The molecule has 8 heteroatoms. The minimum absolute atomic E-state index is 0.196. The third-order valence-corrected chi connectivity index (χ3v) is 5.37. The molecule has 4 aromatic heterocycles. The predicted octanol–water partition coefficient (Wildman–Crippen LogP) is 3.87. The molecule has 146 valence electrons. The zero-order chi connectivity index (χ0) is 20.2. The van der Waals surface area contributed by atoms with E-state index in [9.17, 15) is 4.79 Å². The highest BCUT2D eigenvalue weighted by atomic mass is 16.5. The van der Waals surface area contributed by atoms with E-state index >= 15 is 0 Å². The molecule has 2 aromatic carbocycles. The van der Waals surface area contributed by atoms with Gasteiger partial charge in [0, 0.05) is 35.1 Å². The van der Waals surface area contributed by atoms with Crippen molar-refractivity contribution in [2.24, 2.45) is 0 Å². The Morgan fingerprint density at radius 3 is 2.93 bits per heavy atom. The topological polar surface area (TPSA) is 94.0 Å². The SMILES string of the molecule is CCn1ncc2cc(-c3cc(=O)n4[nH]cc(-c5noc6ccccc56)c4n3)ccc21. The smallest absolute Gasteiger partial charge is 0.273 e. The molecule has 4 heterocycles. The molecule has 30 heavy (non-hydrogen) atoms. The summed E-state index contributed by atoms with van der Waals surface area (Å²) in [6.45, 7) is 2.85. The normalized spacial score (nSPS) is 11.8. The number of rotatable bonds is 3. The van der Waals surface area contributed by atoms with Gasteiger partial charge in [-0.15, -0.1) is 0 Å². The van der Waals surface area contributed by atoms with Crippen molar-refractivity contribution in [2.75, 3.05) is 0 Å². The lowest BCUT2D eigenvalue weighted by Gasteiger charge is -2.04. The summed E-state index contributed by atoms with van der Waals surface area (Å²) in [5, 5.41) is 13.5. The van der Waals surface area contributed by atoms with Gasteiger partial charge in [-0.1, -0.05) is 23.4 Å². The van der Waals surface area contributed by atoms with Crippen molar-refractivity contribution < 1.29 is 4.52 Å². The summed E-state index contributed by atoms with van der Waals surface area (Å²) in [5.41, 5.74) is 4.85.